The highest BCUT2D eigenvalue weighted by atomic mass is 19.1. The van der Waals surface area contributed by atoms with Crippen LogP contribution in [0, 0.1) is 5.82 Å². The monoisotopic (exact) mass is 389 g/mol. The van der Waals surface area contributed by atoms with E-state index < -0.39 is 17.4 Å². The number of rotatable bonds is 4. The van der Waals surface area contributed by atoms with E-state index in [2.05, 4.69) is 23.5 Å². The molecule has 1 N–H and O–H groups in total. The molecule has 0 atom stereocenters. The molecule has 1 saturated carbocycles. The molecule has 0 spiro atoms. The Kier molecular flexibility index (Phi) is 4.74. The first-order valence-corrected chi connectivity index (χ1v) is 9.63. The first-order chi connectivity index (χ1) is 13.3. The van der Waals surface area contributed by atoms with Crippen LogP contribution in [-0.4, -0.2) is 52.9 Å². The second-order valence-electron chi connectivity index (χ2n) is 7.77. The number of piperazine rings is 1. The summed E-state index contributed by atoms with van der Waals surface area (Å²) in [5, 5.41) is 9.03. The van der Waals surface area contributed by atoms with E-state index in [0.29, 0.717) is 30.3 Å². The lowest BCUT2D eigenvalue weighted by Crippen LogP contribution is -2.49. The zero-order valence-corrected chi connectivity index (χ0v) is 16.0. The fourth-order valence-corrected chi connectivity index (χ4v) is 3.88. The van der Waals surface area contributed by atoms with Crippen molar-refractivity contribution in [2.75, 3.05) is 31.1 Å². The highest BCUT2D eigenvalue weighted by Crippen LogP contribution is 2.39. The zero-order chi connectivity index (χ0) is 20.0. The van der Waals surface area contributed by atoms with Crippen LogP contribution in [0.5, 0.6) is 5.75 Å². The van der Waals surface area contributed by atoms with E-state index in [1.54, 1.807) is 6.07 Å². The van der Waals surface area contributed by atoms with Crippen molar-refractivity contribution in [3.05, 3.63) is 34.4 Å². The van der Waals surface area contributed by atoms with Crippen LogP contribution in [0.25, 0.3) is 10.9 Å². The maximum absolute atomic E-state index is 14.9. The number of hydrogen-bond donors (Lipinski definition) is 1. The fourth-order valence-electron chi connectivity index (χ4n) is 3.88. The average Bonchev–Trinajstić information content (AvgIpc) is 3.49. The number of fused-ring (bicyclic) bond motifs is 1. The number of nitrogens with zero attached hydrogens (tertiary/aromatic N) is 3. The maximum Gasteiger partial charge on any atom is 0.511 e. The number of anilines is 1. The minimum absolute atomic E-state index is 0.146. The molecule has 2 fully saturated rings. The average molecular weight is 389 g/mol. The molecule has 1 aromatic heterocycles. The summed E-state index contributed by atoms with van der Waals surface area (Å²) >= 11 is 0. The highest BCUT2D eigenvalue weighted by molar-refractivity contribution is 5.85. The maximum atomic E-state index is 14.9. The Hall–Kier alpha value is -2.61. The van der Waals surface area contributed by atoms with Crippen LogP contribution >= 0.6 is 0 Å². The summed E-state index contributed by atoms with van der Waals surface area (Å²) < 4.78 is 21.4. The number of aromatic nitrogens is 1. The van der Waals surface area contributed by atoms with Crippen LogP contribution < -0.4 is 15.1 Å². The quantitative estimate of drug-likeness (QED) is 0.810. The smallest absolute Gasteiger partial charge is 0.449 e. The van der Waals surface area contributed by atoms with Gasteiger partial charge in [0.1, 0.15) is 5.82 Å². The summed E-state index contributed by atoms with van der Waals surface area (Å²) in [6.07, 6.45) is 1.75. The summed E-state index contributed by atoms with van der Waals surface area (Å²) in [6, 6.07) is 3.57. The van der Waals surface area contributed by atoms with Crippen molar-refractivity contribution in [2.45, 2.75) is 38.8 Å². The molecule has 7 nitrogen and oxygen atoms in total. The van der Waals surface area contributed by atoms with E-state index in [1.807, 2.05) is 9.47 Å². The molecule has 4 rings (SSSR count). The van der Waals surface area contributed by atoms with Crippen LogP contribution in [-0.2, 0) is 0 Å². The molecular weight excluding hydrogens is 365 g/mol. The molecule has 150 valence electrons. The van der Waals surface area contributed by atoms with E-state index in [4.69, 9.17) is 5.11 Å². The van der Waals surface area contributed by atoms with E-state index in [1.165, 1.54) is 12.3 Å². The number of carbonyl (C=O) groups is 1. The van der Waals surface area contributed by atoms with Gasteiger partial charge in [-0.25, -0.2) is 9.18 Å². The van der Waals surface area contributed by atoms with Gasteiger partial charge in [-0.2, -0.15) is 0 Å². The van der Waals surface area contributed by atoms with Gasteiger partial charge in [0.05, 0.1) is 22.8 Å². The molecule has 2 heterocycles. The Morgan fingerprint density at radius 3 is 2.46 bits per heavy atom. The van der Waals surface area contributed by atoms with Crippen molar-refractivity contribution in [1.29, 1.82) is 0 Å². The van der Waals surface area contributed by atoms with Crippen LogP contribution in [0.3, 0.4) is 0 Å². The Morgan fingerprint density at radius 1 is 1.21 bits per heavy atom. The van der Waals surface area contributed by atoms with Gasteiger partial charge in [0.25, 0.3) is 0 Å². The third-order valence-electron chi connectivity index (χ3n) is 5.59. The van der Waals surface area contributed by atoms with Gasteiger partial charge in [-0.05, 0) is 38.8 Å². The number of benzene rings is 1. The standard InChI is InChI=1S/C20H24FN3O4/c1-12(2)22-5-7-23(8-6-22)17-10-16-14(9-15(17)21)19(25)18(28-20(26)27)11-24(16)13-3-4-13/h9-13H,3-8H2,1-2H3,(H,26,27). The number of halogens is 1. The lowest BCUT2D eigenvalue weighted by Gasteiger charge is -2.38. The molecular formula is C20H24FN3O4. The van der Waals surface area contributed by atoms with Gasteiger partial charge in [-0.1, -0.05) is 0 Å². The summed E-state index contributed by atoms with van der Waals surface area (Å²) in [5.41, 5.74) is 0.494. The summed E-state index contributed by atoms with van der Waals surface area (Å²) in [4.78, 5) is 27.9. The van der Waals surface area contributed by atoms with Crippen molar-refractivity contribution >= 4 is 22.7 Å². The van der Waals surface area contributed by atoms with Gasteiger partial charge in [0.2, 0.25) is 5.43 Å². The molecule has 0 amide bonds. The van der Waals surface area contributed by atoms with Crippen LogP contribution in [0.1, 0.15) is 32.7 Å². The SMILES string of the molecule is CC(C)N1CCN(c2cc3c(cc2F)c(=O)c(OC(=O)O)cn3C2CC2)CC1. The van der Waals surface area contributed by atoms with Gasteiger partial charge in [0.15, 0.2) is 5.75 Å². The normalized spacial score (nSPS) is 18.1. The molecule has 2 aliphatic rings. The van der Waals surface area contributed by atoms with Crippen molar-refractivity contribution in [3.8, 4) is 5.75 Å². The third kappa shape index (κ3) is 3.44. The van der Waals surface area contributed by atoms with Gasteiger partial charge in [0, 0.05) is 38.3 Å². The van der Waals surface area contributed by atoms with Gasteiger partial charge in [-0.15, -0.1) is 0 Å². The van der Waals surface area contributed by atoms with E-state index in [0.717, 1.165) is 25.9 Å². The molecule has 28 heavy (non-hydrogen) atoms. The first kappa shape index (κ1) is 18.7. The molecule has 2 aromatic rings. The lowest BCUT2D eigenvalue weighted by atomic mass is 10.1. The molecule has 1 saturated heterocycles. The predicted octanol–water partition coefficient (Wildman–Crippen LogP) is 3.06. The Morgan fingerprint density at radius 2 is 1.89 bits per heavy atom. The minimum atomic E-state index is -1.56. The number of ether oxygens (including phenoxy) is 1. The van der Waals surface area contributed by atoms with E-state index in [-0.39, 0.29) is 17.2 Å². The van der Waals surface area contributed by atoms with Crippen LogP contribution in [0.15, 0.2) is 23.1 Å². The molecule has 0 unspecified atom stereocenters. The highest BCUT2D eigenvalue weighted by Gasteiger charge is 2.28. The minimum Gasteiger partial charge on any atom is -0.449 e. The van der Waals surface area contributed by atoms with Crippen molar-refractivity contribution in [1.82, 2.24) is 9.47 Å². The Labute approximate surface area is 161 Å². The summed E-state index contributed by atoms with van der Waals surface area (Å²) in [5.74, 6) is -0.762. The third-order valence-corrected chi connectivity index (χ3v) is 5.59. The van der Waals surface area contributed by atoms with Crippen molar-refractivity contribution in [3.63, 3.8) is 0 Å². The van der Waals surface area contributed by atoms with Gasteiger partial charge in [-0.3, -0.25) is 9.69 Å². The predicted molar refractivity (Wildman–Crippen MR) is 104 cm³/mol. The molecule has 1 aliphatic heterocycles. The lowest BCUT2D eigenvalue weighted by molar-refractivity contribution is 0.143. The van der Waals surface area contributed by atoms with E-state index >= 15 is 0 Å². The van der Waals surface area contributed by atoms with Crippen molar-refractivity contribution < 1.29 is 19.0 Å². The first-order valence-electron chi connectivity index (χ1n) is 9.63. The second-order valence-corrected chi connectivity index (χ2v) is 7.77. The zero-order valence-electron chi connectivity index (χ0n) is 16.0. The Balaban J connectivity index is 1.77. The molecule has 0 bridgehead atoms. The fraction of sp³-hybridized carbons (Fsp3) is 0.500. The van der Waals surface area contributed by atoms with Crippen LogP contribution in [0.2, 0.25) is 0 Å². The number of hydrogen-bond acceptors (Lipinski definition) is 5. The summed E-state index contributed by atoms with van der Waals surface area (Å²) in [6.45, 7) is 7.45. The largest absolute Gasteiger partial charge is 0.511 e. The topological polar surface area (TPSA) is 75.0 Å². The van der Waals surface area contributed by atoms with Crippen molar-refractivity contribution in [2.24, 2.45) is 0 Å². The summed E-state index contributed by atoms with van der Waals surface area (Å²) in [7, 11) is 0. The van der Waals surface area contributed by atoms with Gasteiger partial charge >= 0.3 is 6.16 Å². The van der Waals surface area contributed by atoms with Gasteiger partial charge < -0.3 is 19.3 Å². The molecule has 1 aromatic carbocycles. The Bertz CT molecular complexity index is 976. The molecule has 0 radical (unpaired) electrons. The molecule has 8 heteroatoms. The molecule has 1 aliphatic carbocycles. The van der Waals surface area contributed by atoms with Crippen LogP contribution in [0.4, 0.5) is 14.9 Å². The number of pyridine rings is 1. The van der Waals surface area contributed by atoms with E-state index in [9.17, 15) is 14.0 Å². The number of carboxylic acid groups (broad SMARTS) is 1. The second kappa shape index (κ2) is 7.09.